The number of carbonyl (C=O) groups excluding carboxylic acids is 1. The molecule has 2 aromatic heterocycles. The van der Waals surface area contributed by atoms with Gasteiger partial charge >= 0.3 is 5.97 Å². The van der Waals surface area contributed by atoms with Gasteiger partial charge in [0.15, 0.2) is 0 Å². The Morgan fingerprint density at radius 2 is 2.18 bits per heavy atom. The fourth-order valence-electron chi connectivity index (χ4n) is 2.10. The maximum absolute atomic E-state index is 11.5. The number of ether oxygens (including phenoxy) is 2. The van der Waals surface area contributed by atoms with Gasteiger partial charge in [-0.05, 0) is 30.3 Å². The molecule has 0 aliphatic heterocycles. The lowest BCUT2D eigenvalue weighted by Crippen LogP contribution is -2.03. The lowest BCUT2D eigenvalue weighted by atomic mass is 10.2. The first-order valence-corrected chi connectivity index (χ1v) is 6.98. The molecular weight excluding hydrogens is 304 g/mol. The first-order valence-electron chi connectivity index (χ1n) is 6.60. The average Bonchev–Trinajstić information content (AvgIpc) is 2.94. The predicted molar refractivity (Wildman–Crippen MR) is 82.3 cm³/mol. The number of halogens is 1. The first kappa shape index (κ1) is 14.4. The molecule has 0 fully saturated rings. The third-order valence-electron chi connectivity index (χ3n) is 3.19. The van der Waals surface area contributed by atoms with Gasteiger partial charge in [0.1, 0.15) is 18.0 Å². The largest absolute Gasteiger partial charge is 0.487 e. The van der Waals surface area contributed by atoms with E-state index in [0.717, 1.165) is 5.69 Å². The molecular formula is C16H13ClN2O3. The zero-order chi connectivity index (χ0) is 15.5. The normalized spacial score (nSPS) is 10.6. The quantitative estimate of drug-likeness (QED) is 0.693. The number of hydrogen-bond acceptors (Lipinski definition) is 4. The number of fused-ring (bicyclic) bond motifs is 1. The molecule has 1 aromatic carbocycles. The number of methoxy groups -OCH3 is 1. The smallest absolute Gasteiger partial charge is 0.338 e. The summed E-state index contributed by atoms with van der Waals surface area (Å²) >= 11 is 5.92. The lowest BCUT2D eigenvalue weighted by Gasteiger charge is -2.07. The Kier molecular flexibility index (Phi) is 3.98. The number of esters is 1. The summed E-state index contributed by atoms with van der Waals surface area (Å²) in [6, 6.07) is 10.6. The lowest BCUT2D eigenvalue weighted by molar-refractivity contribution is 0.0600. The van der Waals surface area contributed by atoms with E-state index in [4.69, 9.17) is 21.1 Å². The zero-order valence-corrected chi connectivity index (χ0v) is 12.6. The van der Waals surface area contributed by atoms with Crippen molar-refractivity contribution >= 4 is 23.2 Å². The van der Waals surface area contributed by atoms with Crippen LogP contribution in [0, 0.1) is 0 Å². The topological polar surface area (TPSA) is 52.8 Å². The molecule has 0 radical (unpaired) electrons. The summed E-state index contributed by atoms with van der Waals surface area (Å²) in [5, 5.41) is 0.623. The van der Waals surface area contributed by atoms with Crippen LogP contribution in [0.3, 0.4) is 0 Å². The minimum Gasteiger partial charge on any atom is -0.487 e. The number of nitrogens with zero attached hydrogens (tertiary/aromatic N) is 2. The van der Waals surface area contributed by atoms with E-state index in [1.807, 2.05) is 16.5 Å². The van der Waals surface area contributed by atoms with E-state index in [-0.39, 0.29) is 5.97 Å². The van der Waals surface area contributed by atoms with Crippen molar-refractivity contribution in [3.8, 4) is 5.75 Å². The molecule has 3 aromatic rings. The van der Waals surface area contributed by atoms with Crippen LogP contribution in [0.25, 0.3) is 5.65 Å². The average molecular weight is 317 g/mol. The molecule has 0 aliphatic carbocycles. The Morgan fingerprint density at radius 3 is 2.95 bits per heavy atom. The van der Waals surface area contributed by atoms with E-state index < -0.39 is 0 Å². The second kappa shape index (κ2) is 6.07. The molecule has 0 saturated carbocycles. The minimum absolute atomic E-state index is 0.346. The van der Waals surface area contributed by atoms with Gasteiger partial charge in [0.05, 0.1) is 24.6 Å². The van der Waals surface area contributed by atoms with Gasteiger partial charge in [0.2, 0.25) is 0 Å². The summed E-state index contributed by atoms with van der Waals surface area (Å²) in [5.74, 6) is 0.302. The van der Waals surface area contributed by atoms with Crippen molar-refractivity contribution in [2.75, 3.05) is 7.11 Å². The van der Waals surface area contributed by atoms with E-state index in [0.29, 0.717) is 28.6 Å². The SMILES string of the molecule is COC(=O)c1ccn2c(COc3cccc(Cl)c3)cnc2c1. The standard InChI is InChI=1S/C16H13ClN2O3/c1-21-16(20)11-5-6-19-13(9-18-15(19)7-11)10-22-14-4-2-3-12(17)8-14/h2-9H,10H2,1H3. The number of imidazole rings is 1. The van der Waals surface area contributed by atoms with Crippen molar-refractivity contribution in [1.82, 2.24) is 9.38 Å². The Balaban J connectivity index is 1.81. The van der Waals surface area contributed by atoms with Crippen LogP contribution in [0.5, 0.6) is 5.75 Å². The highest BCUT2D eigenvalue weighted by Crippen LogP contribution is 2.19. The maximum atomic E-state index is 11.5. The van der Waals surface area contributed by atoms with Gasteiger partial charge in [-0.25, -0.2) is 9.78 Å². The fraction of sp³-hybridized carbons (Fsp3) is 0.125. The molecule has 0 N–H and O–H groups in total. The maximum Gasteiger partial charge on any atom is 0.338 e. The van der Waals surface area contributed by atoms with Crippen molar-refractivity contribution in [1.29, 1.82) is 0 Å². The van der Waals surface area contributed by atoms with Gasteiger partial charge in [-0.2, -0.15) is 0 Å². The van der Waals surface area contributed by atoms with Crippen molar-refractivity contribution in [2.24, 2.45) is 0 Å². The molecule has 0 atom stereocenters. The summed E-state index contributed by atoms with van der Waals surface area (Å²) in [4.78, 5) is 15.8. The van der Waals surface area contributed by atoms with Crippen LogP contribution in [0.4, 0.5) is 0 Å². The molecule has 0 unspecified atom stereocenters. The molecule has 6 heteroatoms. The van der Waals surface area contributed by atoms with Crippen LogP contribution in [0.2, 0.25) is 5.02 Å². The Hall–Kier alpha value is -2.53. The minimum atomic E-state index is -0.387. The highest BCUT2D eigenvalue weighted by atomic mass is 35.5. The summed E-state index contributed by atoms with van der Waals surface area (Å²) in [6.07, 6.45) is 3.48. The monoisotopic (exact) mass is 316 g/mol. The van der Waals surface area contributed by atoms with Crippen LogP contribution in [-0.4, -0.2) is 22.5 Å². The van der Waals surface area contributed by atoms with E-state index in [2.05, 4.69) is 4.98 Å². The van der Waals surface area contributed by atoms with Gasteiger partial charge in [0.25, 0.3) is 0 Å². The molecule has 0 bridgehead atoms. The van der Waals surface area contributed by atoms with E-state index in [1.54, 1.807) is 36.7 Å². The van der Waals surface area contributed by atoms with Crippen LogP contribution >= 0.6 is 11.6 Å². The van der Waals surface area contributed by atoms with Crippen LogP contribution in [0.15, 0.2) is 48.8 Å². The van der Waals surface area contributed by atoms with Crippen LogP contribution < -0.4 is 4.74 Å². The molecule has 5 nitrogen and oxygen atoms in total. The molecule has 2 heterocycles. The van der Waals surface area contributed by atoms with Gasteiger partial charge in [-0.1, -0.05) is 17.7 Å². The highest BCUT2D eigenvalue weighted by Gasteiger charge is 2.09. The highest BCUT2D eigenvalue weighted by molar-refractivity contribution is 6.30. The van der Waals surface area contributed by atoms with Crippen LogP contribution in [0.1, 0.15) is 16.1 Å². The molecule has 112 valence electrons. The summed E-state index contributed by atoms with van der Waals surface area (Å²) < 4.78 is 12.3. The molecule has 0 saturated heterocycles. The molecule has 3 rings (SSSR count). The number of hydrogen-bond donors (Lipinski definition) is 0. The second-order valence-corrected chi connectivity index (χ2v) is 5.07. The van der Waals surface area contributed by atoms with Crippen molar-refractivity contribution in [2.45, 2.75) is 6.61 Å². The fourth-order valence-corrected chi connectivity index (χ4v) is 2.28. The van der Waals surface area contributed by atoms with Gasteiger partial charge in [0, 0.05) is 11.2 Å². The number of pyridine rings is 1. The van der Waals surface area contributed by atoms with Crippen molar-refractivity contribution in [3.05, 3.63) is 65.1 Å². The third kappa shape index (κ3) is 2.89. The van der Waals surface area contributed by atoms with E-state index in [1.165, 1.54) is 7.11 Å². The Morgan fingerprint density at radius 1 is 1.32 bits per heavy atom. The Labute approximate surface area is 132 Å². The summed E-state index contributed by atoms with van der Waals surface area (Å²) in [6.45, 7) is 0.346. The molecule has 0 spiro atoms. The van der Waals surface area contributed by atoms with Gasteiger partial charge in [-0.15, -0.1) is 0 Å². The van der Waals surface area contributed by atoms with Crippen molar-refractivity contribution < 1.29 is 14.3 Å². The summed E-state index contributed by atoms with van der Waals surface area (Å²) in [7, 11) is 1.35. The van der Waals surface area contributed by atoms with E-state index in [9.17, 15) is 4.79 Å². The number of carbonyl (C=O) groups is 1. The number of aromatic nitrogens is 2. The third-order valence-corrected chi connectivity index (χ3v) is 3.43. The van der Waals surface area contributed by atoms with Gasteiger partial charge in [-0.3, -0.25) is 0 Å². The van der Waals surface area contributed by atoms with Crippen LogP contribution in [-0.2, 0) is 11.3 Å². The Bertz CT molecular complexity index is 829. The number of benzene rings is 1. The predicted octanol–water partition coefficient (Wildman–Crippen LogP) is 3.35. The number of rotatable bonds is 4. The second-order valence-electron chi connectivity index (χ2n) is 4.63. The van der Waals surface area contributed by atoms with Gasteiger partial charge < -0.3 is 13.9 Å². The molecule has 22 heavy (non-hydrogen) atoms. The molecule has 0 amide bonds. The zero-order valence-electron chi connectivity index (χ0n) is 11.8. The first-order chi connectivity index (χ1) is 10.7. The van der Waals surface area contributed by atoms with Crippen molar-refractivity contribution in [3.63, 3.8) is 0 Å². The molecule has 0 aliphatic rings. The van der Waals surface area contributed by atoms with E-state index >= 15 is 0 Å². The summed E-state index contributed by atoms with van der Waals surface area (Å²) in [5.41, 5.74) is 1.99.